The number of rotatable bonds is 1. The molecule has 1 aromatic carbocycles. The van der Waals surface area contributed by atoms with Gasteiger partial charge < -0.3 is 10.0 Å². The summed E-state index contributed by atoms with van der Waals surface area (Å²) in [6.45, 7) is 3.41. The van der Waals surface area contributed by atoms with Gasteiger partial charge in [-0.2, -0.15) is 11.8 Å². The van der Waals surface area contributed by atoms with Gasteiger partial charge in [0, 0.05) is 35.7 Å². The fourth-order valence-electron chi connectivity index (χ4n) is 1.97. The highest BCUT2D eigenvalue weighted by atomic mass is 32.2. The summed E-state index contributed by atoms with van der Waals surface area (Å²) in [5.74, 6) is 7.61. The number of thioether (sulfide) groups is 1. The van der Waals surface area contributed by atoms with Gasteiger partial charge in [-0.25, -0.2) is 0 Å². The Hall–Kier alpha value is -1.44. The molecule has 1 saturated heterocycles. The predicted octanol–water partition coefficient (Wildman–Crippen LogP) is 1.53. The molecule has 0 unspecified atom stereocenters. The standard InChI is InChI=1S/C15H17NO2S/c1-12-4-5-14(11-13(12)3-2-8-17)15(18)16-6-9-19-10-7-16/h4-5,11,17H,6-10H2,1H3. The second-order valence-electron chi connectivity index (χ2n) is 4.39. The minimum Gasteiger partial charge on any atom is -0.384 e. The predicted molar refractivity (Wildman–Crippen MR) is 78.4 cm³/mol. The van der Waals surface area contributed by atoms with Crippen molar-refractivity contribution < 1.29 is 9.90 Å². The molecule has 0 bridgehead atoms. The van der Waals surface area contributed by atoms with Gasteiger partial charge in [0.2, 0.25) is 0 Å². The van der Waals surface area contributed by atoms with Crippen LogP contribution in [0.2, 0.25) is 0 Å². The molecule has 2 rings (SSSR count). The molecule has 0 aromatic heterocycles. The summed E-state index contributed by atoms with van der Waals surface area (Å²) >= 11 is 1.88. The second-order valence-corrected chi connectivity index (χ2v) is 5.62. The topological polar surface area (TPSA) is 40.5 Å². The van der Waals surface area contributed by atoms with E-state index < -0.39 is 0 Å². The number of amides is 1. The Labute approximate surface area is 118 Å². The Morgan fingerprint density at radius 3 is 2.84 bits per heavy atom. The number of hydrogen-bond acceptors (Lipinski definition) is 3. The smallest absolute Gasteiger partial charge is 0.253 e. The summed E-state index contributed by atoms with van der Waals surface area (Å²) in [7, 11) is 0. The summed E-state index contributed by atoms with van der Waals surface area (Å²) in [5, 5.41) is 8.75. The van der Waals surface area contributed by atoms with Crippen molar-refractivity contribution in [3.63, 3.8) is 0 Å². The van der Waals surface area contributed by atoms with E-state index in [1.165, 1.54) is 0 Å². The number of aryl methyl sites for hydroxylation is 1. The molecule has 1 N–H and O–H groups in total. The first kappa shape index (κ1) is 14.0. The Morgan fingerprint density at radius 1 is 1.42 bits per heavy atom. The van der Waals surface area contributed by atoms with E-state index in [9.17, 15) is 4.79 Å². The lowest BCUT2D eigenvalue weighted by molar-refractivity contribution is 0.0772. The Bertz CT molecular complexity index is 525. The maximum atomic E-state index is 12.4. The molecule has 3 nitrogen and oxygen atoms in total. The van der Waals surface area contributed by atoms with Gasteiger partial charge in [0.15, 0.2) is 0 Å². The molecule has 1 fully saturated rings. The zero-order chi connectivity index (χ0) is 13.7. The summed E-state index contributed by atoms with van der Waals surface area (Å²) in [4.78, 5) is 14.2. The quantitative estimate of drug-likeness (QED) is 0.790. The highest BCUT2D eigenvalue weighted by molar-refractivity contribution is 7.99. The van der Waals surface area contributed by atoms with Crippen LogP contribution in [0.1, 0.15) is 21.5 Å². The number of aliphatic hydroxyl groups excluding tert-OH is 1. The van der Waals surface area contributed by atoms with E-state index in [1.807, 2.05) is 41.8 Å². The van der Waals surface area contributed by atoms with Gasteiger partial charge in [-0.3, -0.25) is 4.79 Å². The molecule has 100 valence electrons. The van der Waals surface area contributed by atoms with Crippen LogP contribution in [0, 0.1) is 18.8 Å². The minimum atomic E-state index is -0.166. The van der Waals surface area contributed by atoms with Crippen molar-refractivity contribution >= 4 is 17.7 Å². The first-order valence-electron chi connectivity index (χ1n) is 6.30. The van der Waals surface area contributed by atoms with E-state index >= 15 is 0 Å². The van der Waals surface area contributed by atoms with Crippen molar-refractivity contribution in [1.29, 1.82) is 0 Å². The molecular formula is C15H17NO2S. The number of hydrogen-bond donors (Lipinski definition) is 1. The summed E-state index contributed by atoms with van der Waals surface area (Å²) in [6, 6.07) is 5.58. The SMILES string of the molecule is Cc1ccc(C(=O)N2CCSCC2)cc1C#CCO. The average molecular weight is 275 g/mol. The molecular weight excluding hydrogens is 258 g/mol. The molecule has 0 saturated carbocycles. The van der Waals surface area contributed by atoms with Crippen molar-refractivity contribution in [3.8, 4) is 11.8 Å². The molecule has 1 amide bonds. The third-order valence-electron chi connectivity index (χ3n) is 3.08. The third-order valence-corrected chi connectivity index (χ3v) is 4.03. The van der Waals surface area contributed by atoms with Crippen molar-refractivity contribution in [3.05, 3.63) is 34.9 Å². The van der Waals surface area contributed by atoms with Gasteiger partial charge in [0.05, 0.1) is 0 Å². The second kappa shape index (κ2) is 6.65. The van der Waals surface area contributed by atoms with Crippen LogP contribution < -0.4 is 0 Å². The van der Waals surface area contributed by atoms with E-state index in [-0.39, 0.29) is 12.5 Å². The molecule has 19 heavy (non-hydrogen) atoms. The van der Waals surface area contributed by atoms with Gasteiger partial charge >= 0.3 is 0 Å². The maximum Gasteiger partial charge on any atom is 0.253 e. The molecule has 0 spiro atoms. The third kappa shape index (κ3) is 3.52. The first-order chi connectivity index (χ1) is 9.22. The van der Waals surface area contributed by atoms with Crippen LogP contribution >= 0.6 is 11.8 Å². The number of nitrogens with zero attached hydrogens (tertiary/aromatic N) is 1. The highest BCUT2D eigenvalue weighted by Crippen LogP contribution is 2.15. The zero-order valence-corrected chi connectivity index (χ0v) is 11.8. The number of carbonyl (C=O) groups is 1. The zero-order valence-electron chi connectivity index (χ0n) is 11.0. The summed E-state index contributed by atoms with van der Waals surface area (Å²) in [6.07, 6.45) is 0. The van der Waals surface area contributed by atoms with Crippen LogP contribution in [-0.4, -0.2) is 47.1 Å². The van der Waals surface area contributed by atoms with Crippen LogP contribution in [0.4, 0.5) is 0 Å². The van der Waals surface area contributed by atoms with Gasteiger partial charge in [-0.05, 0) is 24.6 Å². The fraction of sp³-hybridized carbons (Fsp3) is 0.400. The van der Waals surface area contributed by atoms with Gasteiger partial charge in [0.1, 0.15) is 6.61 Å². The van der Waals surface area contributed by atoms with Gasteiger partial charge in [0.25, 0.3) is 5.91 Å². The molecule has 1 heterocycles. The summed E-state index contributed by atoms with van der Waals surface area (Å²) < 4.78 is 0. The maximum absolute atomic E-state index is 12.4. The van der Waals surface area contributed by atoms with Gasteiger partial charge in [-0.1, -0.05) is 17.9 Å². The Balaban J connectivity index is 2.22. The van der Waals surface area contributed by atoms with E-state index in [1.54, 1.807) is 0 Å². The molecule has 0 atom stereocenters. The molecule has 1 aliphatic heterocycles. The Kier molecular flexibility index (Phi) is 4.89. The molecule has 4 heteroatoms. The first-order valence-corrected chi connectivity index (χ1v) is 7.45. The lowest BCUT2D eigenvalue weighted by atomic mass is 10.0. The van der Waals surface area contributed by atoms with Crippen LogP contribution in [0.25, 0.3) is 0 Å². The number of carbonyl (C=O) groups excluding carboxylic acids is 1. The van der Waals surface area contributed by atoms with E-state index in [0.717, 1.165) is 35.7 Å². The van der Waals surface area contributed by atoms with Gasteiger partial charge in [-0.15, -0.1) is 0 Å². The monoisotopic (exact) mass is 275 g/mol. The molecule has 0 radical (unpaired) electrons. The van der Waals surface area contributed by atoms with E-state index in [4.69, 9.17) is 5.11 Å². The average Bonchev–Trinajstić information content (AvgIpc) is 2.46. The molecule has 1 aliphatic rings. The van der Waals surface area contributed by atoms with E-state index in [0.29, 0.717) is 5.56 Å². The van der Waals surface area contributed by atoms with Crippen LogP contribution in [-0.2, 0) is 0 Å². The van der Waals surface area contributed by atoms with Crippen LogP contribution in [0.15, 0.2) is 18.2 Å². The van der Waals surface area contributed by atoms with Crippen molar-refractivity contribution in [1.82, 2.24) is 4.90 Å². The van der Waals surface area contributed by atoms with Crippen molar-refractivity contribution in [2.75, 3.05) is 31.2 Å². The van der Waals surface area contributed by atoms with Crippen molar-refractivity contribution in [2.24, 2.45) is 0 Å². The Morgan fingerprint density at radius 2 is 2.16 bits per heavy atom. The lowest BCUT2D eigenvalue weighted by Crippen LogP contribution is -2.37. The van der Waals surface area contributed by atoms with Crippen LogP contribution in [0.3, 0.4) is 0 Å². The van der Waals surface area contributed by atoms with Crippen molar-refractivity contribution in [2.45, 2.75) is 6.92 Å². The lowest BCUT2D eigenvalue weighted by Gasteiger charge is -2.26. The highest BCUT2D eigenvalue weighted by Gasteiger charge is 2.18. The number of benzene rings is 1. The molecule has 0 aliphatic carbocycles. The van der Waals surface area contributed by atoms with E-state index in [2.05, 4.69) is 11.8 Å². The normalized spacial score (nSPS) is 14.7. The minimum absolute atomic E-state index is 0.0762. The summed E-state index contributed by atoms with van der Waals surface area (Å²) in [5.41, 5.74) is 2.51. The molecule has 1 aromatic rings. The van der Waals surface area contributed by atoms with Crippen LogP contribution in [0.5, 0.6) is 0 Å². The fourth-order valence-corrected chi connectivity index (χ4v) is 2.88. The largest absolute Gasteiger partial charge is 0.384 e. The number of aliphatic hydroxyl groups is 1.